The summed E-state index contributed by atoms with van der Waals surface area (Å²) in [6.07, 6.45) is 0. The zero-order chi connectivity index (χ0) is 16.4. The van der Waals surface area contributed by atoms with Crippen molar-refractivity contribution in [1.82, 2.24) is 10.1 Å². The fraction of sp³-hybridized carbons (Fsp3) is 0.118. The van der Waals surface area contributed by atoms with Gasteiger partial charge in [-0.05, 0) is 23.8 Å². The lowest BCUT2D eigenvalue weighted by molar-refractivity contribution is 0.392. The number of fused-ring (bicyclic) bond motifs is 1. The molecule has 0 unspecified atom stereocenters. The SMILES string of the molecule is Clc1cccc(-c2noc(CSC3=Nc4ccccc4CS3)n2)c1. The standard InChI is InChI=1S/C17H12ClN3OS2/c18-13-6-3-5-11(8-13)16-20-15(22-21-16)10-24-17-19-14-7-2-1-4-12(14)9-23-17/h1-8H,9-10H2. The molecule has 0 spiro atoms. The summed E-state index contributed by atoms with van der Waals surface area (Å²) in [5.74, 6) is 2.68. The van der Waals surface area contributed by atoms with Gasteiger partial charge in [0, 0.05) is 16.3 Å². The maximum absolute atomic E-state index is 6.00. The van der Waals surface area contributed by atoms with E-state index in [0.717, 1.165) is 21.4 Å². The van der Waals surface area contributed by atoms with Crippen molar-refractivity contribution in [3.05, 3.63) is 65.0 Å². The number of hydrogen-bond donors (Lipinski definition) is 0. The molecule has 0 N–H and O–H groups in total. The van der Waals surface area contributed by atoms with Crippen LogP contribution in [-0.2, 0) is 11.5 Å². The average Bonchev–Trinajstić information content (AvgIpc) is 3.09. The molecular formula is C17H12ClN3OS2. The lowest BCUT2D eigenvalue weighted by Gasteiger charge is -2.13. The fourth-order valence-electron chi connectivity index (χ4n) is 2.27. The van der Waals surface area contributed by atoms with Crippen LogP contribution >= 0.6 is 35.1 Å². The summed E-state index contributed by atoms with van der Waals surface area (Å²) in [5, 5.41) is 4.68. The Morgan fingerprint density at radius 1 is 1.17 bits per heavy atom. The number of rotatable bonds is 3. The highest BCUT2D eigenvalue weighted by Crippen LogP contribution is 2.35. The molecule has 1 aliphatic rings. The van der Waals surface area contributed by atoms with Crippen LogP contribution in [-0.4, -0.2) is 14.5 Å². The lowest BCUT2D eigenvalue weighted by Crippen LogP contribution is -1.96. The lowest BCUT2D eigenvalue weighted by atomic mass is 10.2. The highest BCUT2D eigenvalue weighted by atomic mass is 35.5. The Morgan fingerprint density at radius 3 is 3.00 bits per heavy atom. The second-order valence-corrected chi connectivity index (χ2v) is 7.73. The van der Waals surface area contributed by atoms with Crippen molar-refractivity contribution in [3.8, 4) is 11.4 Å². The maximum atomic E-state index is 6.00. The summed E-state index contributed by atoms with van der Waals surface area (Å²) < 4.78 is 6.35. The average molecular weight is 374 g/mol. The first kappa shape index (κ1) is 15.7. The monoisotopic (exact) mass is 373 g/mol. The van der Waals surface area contributed by atoms with Gasteiger partial charge >= 0.3 is 0 Å². The number of benzene rings is 2. The number of nitrogens with zero attached hydrogens (tertiary/aromatic N) is 3. The molecule has 0 bridgehead atoms. The molecule has 1 aliphatic heterocycles. The van der Waals surface area contributed by atoms with Crippen molar-refractivity contribution >= 4 is 45.2 Å². The number of thioether (sulfide) groups is 2. The van der Waals surface area contributed by atoms with Crippen LogP contribution in [0.15, 0.2) is 58.0 Å². The van der Waals surface area contributed by atoms with E-state index in [2.05, 4.69) is 21.2 Å². The molecule has 2 heterocycles. The molecule has 0 fully saturated rings. The van der Waals surface area contributed by atoms with E-state index in [1.807, 2.05) is 42.5 Å². The largest absolute Gasteiger partial charge is 0.338 e. The molecule has 2 aromatic carbocycles. The van der Waals surface area contributed by atoms with Crippen molar-refractivity contribution in [2.75, 3.05) is 0 Å². The Hall–Kier alpha value is -1.76. The van der Waals surface area contributed by atoms with E-state index in [1.165, 1.54) is 5.56 Å². The van der Waals surface area contributed by atoms with Crippen molar-refractivity contribution < 1.29 is 4.52 Å². The van der Waals surface area contributed by atoms with Crippen LogP contribution in [0.25, 0.3) is 11.4 Å². The minimum atomic E-state index is 0.552. The summed E-state index contributed by atoms with van der Waals surface area (Å²) in [4.78, 5) is 9.10. The molecule has 24 heavy (non-hydrogen) atoms. The Kier molecular flexibility index (Phi) is 4.60. The van der Waals surface area contributed by atoms with E-state index in [-0.39, 0.29) is 0 Å². The Morgan fingerprint density at radius 2 is 2.08 bits per heavy atom. The van der Waals surface area contributed by atoms with Gasteiger partial charge < -0.3 is 4.52 Å². The summed E-state index contributed by atoms with van der Waals surface area (Å²) in [6.45, 7) is 0. The van der Waals surface area contributed by atoms with Crippen LogP contribution in [0.2, 0.25) is 5.02 Å². The molecule has 0 amide bonds. The van der Waals surface area contributed by atoms with E-state index in [4.69, 9.17) is 16.1 Å². The van der Waals surface area contributed by atoms with Gasteiger partial charge in [-0.1, -0.05) is 70.6 Å². The van der Waals surface area contributed by atoms with Crippen LogP contribution < -0.4 is 0 Å². The van der Waals surface area contributed by atoms with E-state index in [9.17, 15) is 0 Å². The van der Waals surface area contributed by atoms with Crippen molar-refractivity contribution in [1.29, 1.82) is 0 Å². The third-order valence-electron chi connectivity index (χ3n) is 3.42. The first-order valence-electron chi connectivity index (χ1n) is 7.29. The number of hydrogen-bond acceptors (Lipinski definition) is 6. The Bertz CT molecular complexity index is 910. The summed E-state index contributed by atoms with van der Waals surface area (Å²) in [7, 11) is 0. The number of aromatic nitrogens is 2. The summed E-state index contributed by atoms with van der Waals surface area (Å²) >= 11 is 9.35. The van der Waals surface area contributed by atoms with E-state index in [0.29, 0.717) is 22.5 Å². The molecule has 3 aromatic rings. The fourth-order valence-corrected chi connectivity index (χ4v) is 4.36. The van der Waals surface area contributed by atoms with Crippen LogP contribution in [0.1, 0.15) is 11.5 Å². The van der Waals surface area contributed by atoms with Crippen LogP contribution in [0.3, 0.4) is 0 Å². The highest BCUT2D eigenvalue weighted by Gasteiger charge is 2.15. The van der Waals surface area contributed by atoms with Gasteiger partial charge in [0.15, 0.2) is 0 Å². The second-order valence-electron chi connectivity index (χ2n) is 5.11. The minimum absolute atomic E-state index is 0.552. The second kappa shape index (κ2) is 7.01. The Labute approximate surface area is 152 Å². The molecule has 4 rings (SSSR count). The van der Waals surface area contributed by atoms with Gasteiger partial charge in [0.25, 0.3) is 0 Å². The smallest absolute Gasteiger partial charge is 0.237 e. The normalized spacial score (nSPS) is 13.5. The van der Waals surface area contributed by atoms with Crippen molar-refractivity contribution in [2.24, 2.45) is 4.99 Å². The van der Waals surface area contributed by atoms with Gasteiger partial charge in [0.05, 0.1) is 11.4 Å². The zero-order valence-electron chi connectivity index (χ0n) is 12.5. The predicted molar refractivity (Wildman–Crippen MR) is 101 cm³/mol. The van der Waals surface area contributed by atoms with Crippen LogP contribution in [0.4, 0.5) is 5.69 Å². The first-order chi connectivity index (χ1) is 11.8. The third-order valence-corrected chi connectivity index (χ3v) is 5.89. The quantitative estimate of drug-likeness (QED) is 0.601. The van der Waals surface area contributed by atoms with Crippen LogP contribution in [0.5, 0.6) is 0 Å². The Balaban J connectivity index is 1.45. The van der Waals surface area contributed by atoms with Crippen molar-refractivity contribution in [3.63, 3.8) is 0 Å². The third kappa shape index (κ3) is 3.50. The molecule has 0 aliphatic carbocycles. The van der Waals surface area contributed by atoms with Gasteiger partial charge in [-0.3, -0.25) is 0 Å². The van der Waals surface area contributed by atoms with Gasteiger partial charge in [-0.15, -0.1) is 0 Å². The van der Waals surface area contributed by atoms with Crippen LogP contribution in [0, 0.1) is 0 Å². The molecule has 0 radical (unpaired) electrons. The highest BCUT2D eigenvalue weighted by molar-refractivity contribution is 8.38. The minimum Gasteiger partial charge on any atom is -0.338 e. The maximum Gasteiger partial charge on any atom is 0.237 e. The molecule has 0 saturated carbocycles. The molecular weight excluding hydrogens is 362 g/mol. The van der Waals surface area contributed by atoms with E-state index < -0.39 is 0 Å². The van der Waals surface area contributed by atoms with E-state index in [1.54, 1.807) is 23.5 Å². The molecule has 1 aromatic heterocycles. The predicted octanol–water partition coefficient (Wildman–Crippen LogP) is 5.56. The zero-order valence-corrected chi connectivity index (χ0v) is 14.9. The molecule has 0 atom stereocenters. The molecule has 4 nitrogen and oxygen atoms in total. The summed E-state index contributed by atoms with van der Waals surface area (Å²) in [6, 6.07) is 15.6. The topological polar surface area (TPSA) is 51.3 Å². The van der Waals surface area contributed by atoms with Gasteiger partial charge in [-0.25, -0.2) is 4.99 Å². The molecule has 120 valence electrons. The van der Waals surface area contributed by atoms with Gasteiger partial charge in [-0.2, -0.15) is 4.98 Å². The van der Waals surface area contributed by atoms with Gasteiger partial charge in [0.2, 0.25) is 11.7 Å². The number of halogens is 1. The molecule has 7 heteroatoms. The van der Waals surface area contributed by atoms with Gasteiger partial charge in [0.1, 0.15) is 4.38 Å². The van der Waals surface area contributed by atoms with Crippen molar-refractivity contribution in [2.45, 2.75) is 11.5 Å². The number of para-hydroxylation sites is 1. The summed E-state index contributed by atoms with van der Waals surface area (Å²) in [5.41, 5.74) is 3.16. The van der Waals surface area contributed by atoms with E-state index >= 15 is 0 Å². The first-order valence-corrected chi connectivity index (χ1v) is 9.63. The molecule has 0 saturated heterocycles. The number of aliphatic imine (C=N–C) groups is 1.